The van der Waals surface area contributed by atoms with Crippen LogP contribution >= 0.6 is 0 Å². The van der Waals surface area contributed by atoms with E-state index in [2.05, 4.69) is 22.8 Å². The van der Waals surface area contributed by atoms with Gasteiger partial charge in [0.05, 0.1) is 18.7 Å². The third kappa shape index (κ3) is 3.78. The number of hydrogen-bond donors (Lipinski definition) is 1. The highest BCUT2D eigenvalue weighted by molar-refractivity contribution is 5.95. The highest BCUT2D eigenvalue weighted by Crippen LogP contribution is 2.26. The third-order valence-corrected chi connectivity index (χ3v) is 4.36. The Bertz CT molecular complexity index is 820. The highest BCUT2D eigenvalue weighted by atomic mass is 19.1. The maximum atomic E-state index is 14.4. The van der Waals surface area contributed by atoms with Crippen molar-refractivity contribution in [3.63, 3.8) is 0 Å². The maximum Gasteiger partial charge on any atom is 0.254 e. The van der Waals surface area contributed by atoms with E-state index >= 15 is 0 Å². The first kappa shape index (κ1) is 16.9. The van der Waals surface area contributed by atoms with Gasteiger partial charge in [0.25, 0.3) is 5.91 Å². The summed E-state index contributed by atoms with van der Waals surface area (Å²) in [5.41, 5.74) is 1.62. The van der Waals surface area contributed by atoms with Crippen LogP contribution in [0.3, 0.4) is 0 Å². The SMILES string of the molecule is C=C=NC1CC(NC(=O)c2ccc(-c3ccc(OC)cc3)cc2F)C1. The summed E-state index contributed by atoms with van der Waals surface area (Å²) in [6.45, 7) is 3.43. The van der Waals surface area contributed by atoms with Gasteiger partial charge >= 0.3 is 0 Å². The Kier molecular flexibility index (Phi) is 4.96. The quantitative estimate of drug-likeness (QED) is 0.847. The first-order valence-electron chi connectivity index (χ1n) is 8.07. The normalized spacial score (nSPS) is 18.6. The van der Waals surface area contributed by atoms with E-state index in [9.17, 15) is 9.18 Å². The number of methoxy groups -OCH3 is 1. The van der Waals surface area contributed by atoms with Crippen LogP contribution < -0.4 is 10.1 Å². The summed E-state index contributed by atoms with van der Waals surface area (Å²) in [6.07, 6.45) is 1.47. The second-order valence-electron chi connectivity index (χ2n) is 6.01. The third-order valence-electron chi connectivity index (χ3n) is 4.36. The zero-order valence-corrected chi connectivity index (χ0v) is 14.0. The van der Waals surface area contributed by atoms with Gasteiger partial charge in [0.2, 0.25) is 0 Å². The Balaban J connectivity index is 1.69. The van der Waals surface area contributed by atoms with Crippen LogP contribution in [0.25, 0.3) is 11.1 Å². The van der Waals surface area contributed by atoms with Crippen molar-refractivity contribution in [2.24, 2.45) is 4.99 Å². The summed E-state index contributed by atoms with van der Waals surface area (Å²) >= 11 is 0. The lowest BCUT2D eigenvalue weighted by atomic mass is 9.87. The zero-order chi connectivity index (χ0) is 17.8. The summed E-state index contributed by atoms with van der Waals surface area (Å²) in [6, 6.07) is 12.1. The van der Waals surface area contributed by atoms with Crippen molar-refractivity contribution < 1.29 is 13.9 Å². The minimum Gasteiger partial charge on any atom is -0.497 e. The van der Waals surface area contributed by atoms with Crippen LogP contribution in [-0.2, 0) is 0 Å². The number of ether oxygens (including phenoxy) is 1. The summed E-state index contributed by atoms with van der Waals surface area (Å²) in [5, 5.41) is 2.83. The van der Waals surface area contributed by atoms with Crippen LogP contribution in [0.1, 0.15) is 23.2 Å². The van der Waals surface area contributed by atoms with Crippen LogP contribution in [0.4, 0.5) is 4.39 Å². The molecule has 0 spiro atoms. The summed E-state index contributed by atoms with van der Waals surface area (Å²) in [5.74, 6) is 2.31. The minimum absolute atomic E-state index is 0.0234. The number of nitrogens with one attached hydrogen (secondary N) is 1. The molecule has 2 aromatic rings. The molecular formula is C20H19FN2O2. The smallest absolute Gasteiger partial charge is 0.254 e. The number of amides is 1. The van der Waals surface area contributed by atoms with Crippen molar-refractivity contribution in [1.29, 1.82) is 0 Å². The fourth-order valence-electron chi connectivity index (χ4n) is 2.87. The number of hydrogen-bond acceptors (Lipinski definition) is 3. The van der Waals surface area contributed by atoms with E-state index in [-0.39, 0.29) is 17.6 Å². The molecule has 2 aromatic carbocycles. The summed E-state index contributed by atoms with van der Waals surface area (Å²) in [4.78, 5) is 16.3. The van der Waals surface area contributed by atoms with Crippen LogP contribution in [0.2, 0.25) is 0 Å². The van der Waals surface area contributed by atoms with Gasteiger partial charge in [-0.15, -0.1) is 0 Å². The van der Waals surface area contributed by atoms with Crippen LogP contribution in [0.15, 0.2) is 54.0 Å². The molecule has 0 atom stereocenters. The van der Waals surface area contributed by atoms with Crippen molar-refractivity contribution >= 4 is 11.8 Å². The molecule has 3 rings (SSSR count). The van der Waals surface area contributed by atoms with E-state index in [1.54, 1.807) is 13.2 Å². The second-order valence-corrected chi connectivity index (χ2v) is 6.01. The first-order valence-corrected chi connectivity index (χ1v) is 8.07. The fraction of sp³-hybridized carbons (Fsp3) is 0.250. The van der Waals surface area contributed by atoms with Gasteiger partial charge in [-0.05, 0) is 60.7 Å². The van der Waals surface area contributed by atoms with Gasteiger partial charge in [-0.25, -0.2) is 9.38 Å². The average molecular weight is 338 g/mol. The lowest BCUT2D eigenvalue weighted by Crippen LogP contribution is -2.46. The van der Waals surface area contributed by atoms with Crippen molar-refractivity contribution in [3.05, 3.63) is 60.4 Å². The molecule has 4 nitrogen and oxygen atoms in total. The van der Waals surface area contributed by atoms with Gasteiger partial charge in [-0.3, -0.25) is 4.79 Å². The van der Waals surface area contributed by atoms with Gasteiger partial charge in [0.1, 0.15) is 11.6 Å². The molecule has 1 N–H and O–H groups in total. The lowest BCUT2D eigenvalue weighted by Gasteiger charge is -2.32. The van der Waals surface area contributed by atoms with Gasteiger partial charge < -0.3 is 10.1 Å². The fourth-order valence-corrected chi connectivity index (χ4v) is 2.87. The average Bonchev–Trinajstić information content (AvgIpc) is 2.59. The first-order chi connectivity index (χ1) is 12.1. The molecular weight excluding hydrogens is 319 g/mol. The Morgan fingerprint density at radius 2 is 1.92 bits per heavy atom. The Labute approximate surface area is 146 Å². The lowest BCUT2D eigenvalue weighted by molar-refractivity contribution is 0.0906. The van der Waals surface area contributed by atoms with Crippen molar-refractivity contribution in [2.75, 3.05) is 7.11 Å². The molecule has 1 saturated carbocycles. The largest absolute Gasteiger partial charge is 0.497 e. The standard InChI is InChI=1S/C20H19FN2O2/c1-3-22-15-11-16(12-15)23-20(24)18-9-6-14(10-19(18)21)13-4-7-17(25-2)8-5-13/h4-10,15-16H,1,11-12H2,2H3,(H,23,24). The monoisotopic (exact) mass is 338 g/mol. The zero-order valence-electron chi connectivity index (χ0n) is 14.0. The topological polar surface area (TPSA) is 50.7 Å². The Morgan fingerprint density at radius 3 is 2.52 bits per heavy atom. The van der Waals surface area contributed by atoms with Gasteiger partial charge in [0, 0.05) is 6.04 Å². The van der Waals surface area contributed by atoms with Crippen LogP contribution in [-0.4, -0.2) is 31.0 Å². The molecule has 25 heavy (non-hydrogen) atoms. The summed E-state index contributed by atoms with van der Waals surface area (Å²) < 4.78 is 19.5. The Morgan fingerprint density at radius 1 is 1.24 bits per heavy atom. The van der Waals surface area contributed by atoms with Crippen LogP contribution in [0.5, 0.6) is 5.75 Å². The number of carbonyl (C=O) groups is 1. The molecule has 0 aromatic heterocycles. The maximum absolute atomic E-state index is 14.4. The molecule has 0 heterocycles. The van der Waals surface area contributed by atoms with Gasteiger partial charge in [0.15, 0.2) is 0 Å². The van der Waals surface area contributed by atoms with E-state index < -0.39 is 11.7 Å². The van der Waals surface area contributed by atoms with Crippen molar-refractivity contribution in [2.45, 2.75) is 24.9 Å². The molecule has 1 fully saturated rings. The molecule has 0 unspecified atom stereocenters. The number of carbonyl (C=O) groups excluding carboxylic acids is 1. The molecule has 0 saturated heterocycles. The molecule has 0 radical (unpaired) electrons. The molecule has 0 aliphatic heterocycles. The molecule has 0 bridgehead atoms. The number of rotatable bonds is 5. The molecule has 1 aliphatic rings. The van der Waals surface area contributed by atoms with E-state index in [4.69, 9.17) is 4.74 Å². The van der Waals surface area contributed by atoms with Gasteiger partial charge in [-0.2, -0.15) is 0 Å². The molecule has 1 amide bonds. The number of halogens is 1. The van der Waals surface area contributed by atoms with E-state index in [1.165, 1.54) is 12.1 Å². The van der Waals surface area contributed by atoms with Crippen molar-refractivity contribution in [1.82, 2.24) is 5.32 Å². The predicted molar refractivity (Wildman–Crippen MR) is 95.7 cm³/mol. The van der Waals surface area contributed by atoms with Crippen molar-refractivity contribution in [3.8, 4) is 16.9 Å². The summed E-state index contributed by atoms with van der Waals surface area (Å²) in [7, 11) is 1.59. The van der Waals surface area contributed by atoms with E-state index in [1.807, 2.05) is 24.3 Å². The van der Waals surface area contributed by atoms with Gasteiger partial charge in [-0.1, -0.05) is 18.2 Å². The number of benzene rings is 2. The highest BCUT2D eigenvalue weighted by Gasteiger charge is 2.30. The number of aliphatic imine (C=N–C) groups is 1. The molecule has 128 valence electrons. The second kappa shape index (κ2) is 7.32. The Hall–Kier alpha value is -2.91. The van der Waals surface area contributed by atoms with E-state index in [0.29, 0.717) is 5.56 Å². The molecule has 5 heteroatoms. The van der Waals surface area contributed by atoms with Crippen LogP contribution in [0, 0.1) is 5.82 Å². The molecule has 1 aliphatic carbocycles. The minimum atomic E-state index is -0.536. The van der Waals surface area contributed by atoms with E-state index in [0.717, 1.165) is 24.2 Å². The number of nitrogens with zero attached hydrogens (tertiary/aromatic N) is 1. The predicted octanol–water partition coefficient (Wildman–Crippen LogP) is 3.62.